The van der Waals surface area contributed by atoms with E-state index in [0.717, 1.165) is 17.1 Å². The number of hydrogen-bond acceptors (Lipinski definition) is 2. The summed E-state index contributed by atoms with van der Waals surface area (Å²) in [7, 11) is 1.98. The average molecular weight is 214 g/mol. The molecule has 0 amide bonds. The van der Waals surface area contributed by atoms with Crippen LogP contribution >= 0.6 is 11.6 Å². The molecule has 2 nitrogen and oxygen atoms in total. The quantitative estimate of drug-likeness (QED) is 0.828. The van der Waals surface area contributed by atoms with Crippen LogP contribution in [0.25, 0.3) is 0 Å². The van der Waals surface area contributed by atoms with E-state index in [-0.39, 0.29) is 6.61 Å². The first-order chi connectivity index (χ1) is 6.65. The fourth-order valence-corrected chi connectivity index (χ4v) is 1.56. The van der Waals surface area contributed by atoms with Crippen molar-refractivity contribution in [3.05, 3.63) is 34.3 Å². The fourth-order valence-electron chi connectivity index (χ4n) is 1.36. The standard InChI is InChI=1S/C11H16ClNO/c1-9-10(4-3-5-11(9)12)8-13(2)6-7-14/h3-5,14H,6-8H2,1-2H3. The number of rotatable bonds is 4. The van der Waals surface area contributed by atoms with Crippen molar-refractivity contribution in [1.29, 1.82) is 0 Å². The van der Waals surface area contributed by atoms with Gasteiger partial charge in [0.15, 0.2) is 0 Å². The Morgan fingerprint density at radius 1 is 1.43 bits per heavy atom. The molecule has 0 unspecified atom stereocenters. The van der Waals surface area contributed by atoms with Crippen LogP contribution in [-0.2, 0) is 6.54 Å². The van der Waals surface area contributed by atoms with Gasteiger partial charge in [-0.25, -0.2) is 0 Å². The number of aliphatic hydroxyl groups excluding tert-OH is 1. The monoisotopic (exact) mass is 213 g/mol. The summed E-state index contributed by atoms with van der Waals surface area (Å²) in [6.07, 6.45) is 0. The molecule has 1 aromatic carbocycles. The van der Waals surface area contributed by atoms with Crippen molar-refractivity contribution in [1.82, 2.24) is 4.90 Å². The molecule has 0 aliphatic heterocycles. The summed E-state index contributed by atoms with van der Waals surface area (Å²) in [6.45, 7) is 3.72. The third kappa shape index (κ3) is 2.98. The highest BCUT2D eigenvalue weighted by Gasteiger charge is 2.04. The van der Waals surface area contributed by atoms with E-state index in [2.05, 4.69) is 11.0 Å². The second kappa shape index (κ2) is 5.35. The molecule has 0 aliphatic rings. The van der Waals surface area contributed by atoms with Crippen LogP contribution in [0.4, 0.5) is 0 Å². The lowest BCUT2D eigenvalue weighted by atomic mass is 10.1. The van der Waals surface area contributed by atoms with E-state index in [0.29, 0.717) is 6.54 Å². The first kappa shape index (κ1) is 11.5. The van der Waals surface area contributed by atoms with Gasteiger partial charge in [0, 0.05) is 18.1 Å². The van der Waals surface area contributed by atoms with E-state index in [1.54, 1.807) is 0 Å². The van der Waals surface area contributed by atoms with Crippen LogP contribution in [-0.4, -0.2) is 30.2 Å². The molecule has 0 spiro atoms. The van der Waals surface area contributed by atoms with Crippen molar-refractivity contribution < 1.29 is 5.11 Å². The van der Waals surface area contributed by atoms with E-state index in [1.807, 2.05) is 26.1 Å². The van der Waals surface area contributed by atoms with Crippen molar-refractivity contribution in [2.24, 2.45) is 0 Å². The Labute approximate surface area is 90.1 Å². The molecule has 1 N–H and O–H groups in total. The number of aliphatic hydroxyl groups is 1. The zero-order valence-electron chi connectivity index (χ0n) is 8.63. The van der Waals surface area contributed by atoms with Gasteiger partial charge < -0.3 is 5.11 Å². The summed E-state index contributed by atoms with van der Waals surface area (Å²) in [5, 5.41) is 9.58. The van der Waals surface area contributed by atoms with Crippen LogP contribution in [0.3, 0.4) is 0 Å². The highest BCUT2D eigenvalue weighted by atomic mass is 35.5. The predicted octanol–water partition coefficient (Wildman–Crippen LogP) is 2.07. The molecule has 0 aliphatic carbocycles. The Bertz CT molecular complexity index is 301. The first-order valence-corrected chi connectivity index (χ1v) is 5.06. The van der Waals surface area contributed by atoms with Gasteiger partial charge in [-0.2, -0.15) is 0 Å². The zero-order chi connectivity index (χ0) is 10.6. The summed E-state index contributed by atoms with van der Waals surface area (Å²) in [5.74, 6) is 0. The van der Waals surface area contributed by atoms with Crippen LogP contribution in [0.5, 0.6) is 0 Å². The Morgan fingerprint density at radius 3 is 2.79 bits per heavy atom. The van der Waals surface area contributed by atoms with Crippen LogP contribution < -0.4 is 0 Å². The van der Waals surface area contributed by atoms with Crippen molar-refractivity contribution in [2.45, 2.75) is 13.5 Å². The number of benzene rings is 1. The highest BCUT2D eigenvalue weighted by Crippen LogP contribution is 2.19. The molecule has 0 atom stereocenters. The first-order valence-electron chi connectivity index (χ1n) is 4.68. The Kier molecular flexibility index (Phi) is 4.39. The predicted molar refractivity (Wildman–Crippen MR) is 59.6 cm³/mol. The number of nitrogens with zero attached hydrogens (tertiary/aromatic N) is 1. The largest absolute Gasteiger partial charge is 0.395 e. The second-order valence-electron chi connectivity index (χ2n) is 3.49. The lowest BCUT2D eigenvalue weighted by Gasteiger charge is -2.16. The third-order valence-corrected chi connectivity index (χ3v) is 2.71. The lowest BCUT2D eigenvalue weighted by molar-refractivity contribution is 0.217. The molecule has 0 saturated heterocycles. The lowest BCUT2D eigenvalue weighted by Crippen LogP contribution is -2.21. The van der Waals surface area contributed by atoms with Crippen molar-refractivity contribution in [3.8, 4) is 0 Å². The molecule has 3 heteroatoms. The van der Waals surface area contributed by atoms with Crippen LogP contribution in [0.15, 0.2) is 18.2 Å². The van der Waals surface area contributed by atoms with Gasteiger partial charge in [0.05, 0.1) is 6.61 Å². The summed E-state index contributed by atoms with van der Waals surface area (Å²) >= 11 is 6.01. The molecule has 0 radical (unpaired) electrons. The topological polar surface area (TPSA) is 23.5 Å². The molecule has 0 fully saturated rings. The van der Waals surface area contributed by atoms with E-state index in [9.17, 15) is 0 Å². The SMILES string of the molecule is Cc1c(Cl)cccc1CN(C)CCO. The Hall–Kier alpha value is -0.570. The van der Waals surface area contributed by atoms with Gasteiger partial charge in [-0.05, 0) is 31.2 Å². The van der Waals surface area contributed by atoms with E-state index < -0.39 is 0 Å². The van der Waals surface area contributed by atoms with Crippen LogP contribution in [0.2, 0.25) is 5.02 Å². The molecule has 0 heterocycles. The minimum Gasteiger partial charge on any atom is -0.395 e. The Morgan fingerprint density at radius 2 is 2.14 bits per heavy atom. The second-order valence-corrected chi connectivity index (χ2v) is 3.89. The minimum atomic E-state index is 0.191. The summed E-state index contributed by atoms with van der Waals surface area (Å²) in [5.41, 5.74) is 2.34. The molecule has 0 aromatic heterocycles. The average Bonchev–Trinajstić information content (AvgIpc) is 2.13. The molecular weight excluding hydrogens is 198 g/mol. The smallest absolute Gasteiger partial charge is 0.0558 e. The van der Waals surface area contributed by atoms with Gasteiger partial charge in [-0.1, -0.05) is 23.7 Å². The van der Waals surface area contributed by atoms with Gasteiger partial charge >= 0.3 is 0 Å². The van der Waals surface area contributed by atoms with Crippen molar-refractivity contribution in [3.63, 3.8) is 0 Å². The number of halogens is 1. The van der Waals surface area contributed by atoms with E-state index >= 15 is 0 Å². The van der Waals surface area contributed by atoms with Gasteiger partial charge in [-0.3, -0.25) is 4.90 Å². The fraction of sp³-hybridized carbons (Fsp3) is 0.455. The maximum absolute atomic E-state index is 8.77. The molecule has 14 heavy (non-hydrogen) atoms. The molecule has 0 bridgehead atoms. The number of likely N-dealkylation sites (N-methyl/N-ethyl adjacent to an activating group) is 1. The van der Waals surface area contributed by atoms with Crippen LogP contribution in [0, 0.1) is 6.92 Å². The van der Waals surface area contributed by atoms with Gasteiger partial charge in [0.2, 0.25) is 0 Å². The highest BCUT2D eigenvalue weighted by molar-refractivity contribution is 6.31. The van der Waals surface area contributed by atoms with Gasteiger partial charge in [0.25, 0.3) is 0 Å². The molecule has 0 saturated carbocycles. The van der Waals surface area contributed by atoms with Crippen molar-refractivity contribution >= 4 is 11.6 Å². The molecule has 1 rings (SSSR count). The molecule has 78 valence electrons. The maximum atomic E-state index is 8.77. The maximum Gasteiger partial charge on any atom is 0.0558 e. The van der Waals surface area contributed by atoms with Crippen molar-refractivity contribution in [2.75, 3.05) is 20.2 Å². The molecular formula is C11H16ClNO. The van der Waals surface area contributed by atoms with E-state index in [1.165, 1.54) is 5.56 Å². The van der Waals surface area contributed by atoms with Gasteiger partial charge in [0.1, 0.15) is 0 Å². The molecule has 1 aromatic rings. The summed E-state index contributed by atoms with van der Waals surface area (Å²) in [4.78, 5) is 2.07. The van der Waals surface area contributed by atoms with Crippen LogP contribution in [0.1, 0.15) is 11.1 Å². The summed E-state index contributed by atoms with van der Waals surface area (Å²) < 4.78 is 0. The third-order valence-electron chi connectivity index (χ3n) is 2.30. The number of hydrogen-bond donors (Lipinski definition) is 1. The summed E-state index contributed by atoms with van der Waals surface area (Å²) in [6, 6.07) is 5.92. The zero-order valence-corrected chi connectivity index (χ0v) is 9.38. The Balaban J connectivity index is 2.71. The minimum absolute atomic E-state index is 0.191. The van der Waals surface area contributed by atoms with E-state index in [4.69, 9.17) is 16.7 Å². The normalized spacial score (nSPS) is 10.9. The van der Waals surface area contributed by atoms with Gasteiger partial charge in [-0.15, -0.1) is 0 Å².